The van der Waals surface area contributed by atoms with Gasteiger partial charge in [-0.15, -0.1) is 0 Å². The van der Waals surface area contributed by atoms with E-state index in [-0.39, 0.29) is 5.56 Å². The third-order valence-corrected chi connectivity index (χ3v) is 2.81. The van der Waals surface area contributed by atoms with Crippen molar-refractivity contribution >= 4 is 11.6 Å². The molecule has 0 aliphatic carbocycles. The predicted molar refractivity (Wildman–Crippen MR) is 71.3 cm³/mol. The SMILES string of the molecule is NC(=O)c1cnccc1NCCc1ccc(F)cc1F. The number of anilines is 1. The number of hydrogen-bond acceptors (Lipinski definition) is 3. The number of pyridine rings is 1. The summed E-state index contributed by atoms with van der Waals surface area (Å²) in [6.45, 7) is 0.382. The average Bonchev–Trinajstić information content (AvgIpc) is 2.41. The van der Waals surface area contributed by atoms with E-state index in [0.29, 0.717) is 24.2 Å². The Kier molecular flexibility index (Phi) is 4.24. The van der Waals surface area contributed by atoms with E-state index < -0.39 is 17.5 Å². The maximum atomic E-state index is 13.4. The molecule has 0 atom stereocenters. The third kappa shape index (κ3) is 3.28. The number of nitrogens with zero attached hydrogens (tertiary/aromatic N) is 1. The molecule has 1 aromatic heterocycles. The number of hydrogen-bond donors (Lipinski definition) is 2. The van der Waals surface area contributed by atoms with E-state index in [1.165, 1.54) is 24.5 Å². The number of nitrogens with two attached hydrogens (primary N) is 1. The average molecular weight is 277 g/mol. The van der Waals surface area contributed by atoms with Crippen molar-refractivity contribution in [2.45, 2.75) is 6.42 Å². The highest BCUT2D eigenvalue weighted by molar-refractivity contribution is 5.98. The largest absolute Gasteiger partial charge is 0.384 e. The van der Waals surface area contributed by atoms with E-state index in [9.17, 15) is 13.6 Å². The fourth-order valence-electron chi connectivity index (χ4n) is 1.80. The van der Waals surface area contributed by atoms with Gasteiger partial charge in [-0.25, -0.2) is 8.78 Å². The molecular weight excluding hydrogens is 264 g/mol. The molecule has 0 bridgehead atoms. The second kappa shape index (κ2) is 6.10. The van der Waals surface area contributed by atoms with Gasteiger partial charge in [0.05, 0.1) is 11.3 Å². The van der Waals surface area contributed by atoms with E-state index in [0.717, 1.165) is 6.07 Å². The van der Waals surface area contributed by atoms with E-state index in [1.54, 1.807) is 6.07 Å². The van der Waals surface area contributed by atoms with Crippen LogP contribution in [0.5, 0.6) is 0 Å². The fraction of sp³-hybridized carbons (Fsp3) is 0.143. The van der Waals surface area contributed by atoms with Crippen molar-refractivity contribution in [2.24, 2.45) is 5.73 Å². The maximum absolute atomic E-state index is 13.4. The van der Waals surface area contributed by atoms with Crippen LogP contribution in [0.3, 0.4) is 0 Å². The molecule has 0 radical (unpaired) electrons. The number of carbonyl (C=O) groups excluding carboxylic acids is 1. The summed E-state index contributed by atoms with van der Waals surface area (Å²) in [4.78, 5) is 15.0. The fourth-order valence-corrected chi connectivity index (χ4v) is 1.80. The zero-order chi connectivity index (χ0) is 14.5. The normalized spacial score (nSPS) is 10.3. The highest BCUT2D eigenvalue weighted by Gasteiger charge is 2.08. The second-order valence-electron chi connectivity index (χ2n) is 4.20. The lowest BCUT2D eigenvalue weighted by molar-refractivity contribution is 0.100. The minimum absolute atomic E-state index is 0.270. The van der Waals surface area contributed by atoms with Gasteiger partial charge >= 0.3 is 0 Å². The molecule has 0 saturated heterocycles. The minimum Gasteiger partial charge on any atom is -0.384 e. The number of halogens is 2. The summed E-state index contributed by atoms with van der Waals surface area (Å²) < 4.78 is 26.2. The number of primary amides is 1. The van der Waals surface area contributed by atoms with Gasteiger partial charge in [-0.3, -0.25) is 9.78 Å². The number of nitrogens with one attached hydrogen (secondary N) is 1. The van der Waals surface area contributed by atoms with Crippen molar-refractivity contribution in [3.63, 3.8) is 0 Å². The molecule has 0 aliphatic rings. The third-order valence-electron chi connectivity index (χ3n) is 2.81. The lowest BCUT2D eigenvalue weighted by Gasteiger charge is -2.09. The van der Waals surface area contributed by atoms with Gasteiger partial charge in [-0.1, -0.05) is 6.07 Å². The van der Waals surface area contributed by atoms with Gasteiger partial charge in [0.2, 0.25) is 0 Å². The summed E-state index contributed by atoms with van der Waals surface area (Å²) in [6, 6.07) is 5.06. The van der Waals surface area contributed by atoms with Gasteiger partial charge in [0, 0.05) is 25.0 Å². The lowest BCUT2D eigenvalue weighted by atomic mass is 10.1. The first-order valence-corrected chi connectivity index (χ1v) is 5.99. The summed E-state index contributed by atoms with van der Waals surface area (Å²) in [5.74, 6) is -1.78. The van der Waals surface area contributed by atoms with Crippen molar-refractivity contribution in [1.82, 2.24) is 4.98 Å². The Morgan fingerprint density at radius 3 is 2.80 bits per heavy atom. The van der Waals surface area contributed by atoms with Gasteiger partial charge in [-0.2, -0.15) is 0 Å². The first kappa shape index (κ1) is 13.9. The van der Waals surface area contributed by atoms with Gasteiger partial charge in [-0.05, 0) is 24.1 Å². The van der Waals surface area contributed by atoms with Crippen LogP contribution in [-0.2, 0) is 6.42 Å². The molecule has 3 N–H and O–H groups in total. The molecule has 2 rings (SSSR count). The molecule has 0 saturated carbocycles. The van der Waals surface area contributed by atoms with Crippen LogP contribution in [0.4, 0.5) is 14.5 Å². The molecule has 6 heteroatoms. The molecule has 0 spiro atoms. The summed E-state index contributed by atoms with van der Waals surface area (Å²) >= 11 is 0. The van der Waals surface area contributed by atoms with Crippen LogP contribution < -0.4 is 11.1 Å². The quantitative estimate of drug-likeness (QED) is 0.879. The molecule has 0 unspecified atom stereocenters. The van der Waals surface area contributed by atoms with Crippen LogP contribution >= 0.6 is 0 Å². The first-order chi connectivity index (χ1) is 9.58. The highest BCUT2D eigenvalue weighted by atomic mass is 19.1. The van der Waals surface area contributed by atoms with E-state index in [1.807, 2.05) is 0 Å². The lowest BCUT2D eigenvalue weighted by Crippen LogP contribution is -2.16. The predicted octanol–water partition coefficient (Wildman–Crippen LogP) is 2.11. The summed E-state index contributed by atoms with van der Waals surface area (Å²) in [6.07, 6.45) is 3.24. The summed E-state index contributed by atoms with van der Waals surface area (Å²) in [7, 11) is 0. The molecule has 0 aliphatic heterocycles. The molecule has 1 amide bonds. The first-order valence-electron chi connectivity index (χ1n) is 5.99. The van der Waals surface area contributed by atoms with Crippen molar-refractivity contribution < 1.29 is 13.6 Å². The summed E-state index contributed by atoms with van der Waals surface area (Å²) in [5, 5.41) is 2.98. The van der Waals surface area contributed by atoms with Gasteiger partial charge in [0.1, 0.15) is 11.6 Å². The molecule has 0 fully saturated rings. The Bertz CT molecular complexity index is 632. The minimum atomic E-state index is -0.607. The van der Waals surface area contributed by atoms with Crippen LogP contribution in [0, 0.1) is 11.6 Å². The smallest absolute Gasteiger partial charge is 0.252 e. The number of benzene rings is 1. The number of amides is 1. The van der Waals surface area contributed by atoms with Crippen molar-refractivity contribution in [3.05, 3.63) is 59.4 Å². The van der Waals surface area contributed by atoms with Crippen LogP contribution in [0.15, 0.2) is 36.7 Å². The molecular formula is C14H13F2N3O. The zero-order valence-electron chi connectivity index (χ0n) is 10.6. The number of carbonyl (C=O) groups is 1. The summed E-state index contributed by atoms with van der Waals surface area (Å²) in [5.41, 5.74) is 6.42. The maximum Gasteiger partial charge on any atom is 0.252 e. The van der Waals surface area contributed by atoms with Gasteiger partial charge in [0.15, 0.2) is 0 Å². The Balaban J connectivity index is 2.01. The Morgan fingerprint density at radius 1 is 1.30 bits per heavy atom. The van der Waals surface area contributed by atoms with Crippen molar-refractivity contribution in [3.8, 4) is 0 Å². The van der Waals surface area contributed by atoms with Crippen molar-refractivity contribution in [2.75, 3.05) is 11.9 Å². The topological polar surface area (TPSA) is 68.0 Å². The molecule has 104 valence electrons. The second-order valence-corrected chi connectivity index (χ2v) is 4.20. The van der Waals surface area contributed by atoms with E-state index >= 15 is 0 Å². The number of rotatable bonds is 5. The standard InChI is InChI=1S/C14H13F2N3O/c15-10-2-1-9(12(16)7-10)3-6-19-13-4-5-18-8-11(13)14(17)20/h1-2,4-5,7-8H,3,6H2,(H2,17,20)(H,18,19). The molecule has 4 nitrogen and oxygen atoms in total. The molecule has 1 aromatic carbocycles. The van der Waals surface area contributed by atoms with Crippen LogP contribution in [0.2, 0.25) is 0 Å². The van der Waals surface area contributed by atoms with Crippen LogP contribution in [0.25, 0.3) is 0 Å². The Morgan fingerprint density at radius 2 is 2.10 bits per heavy atom. The number of aromatic nitrogens is 1. The molecule has 20 heavy (non-hydrogen) atoms. The van der Waals surface area contributed by atoms with Crippen molar-refractivity contribution in [1.29, 1.82) is 0 Å². The van der Waals surface area contributed by atoms with E-state index in [4.69, 9.17) is 5.73 Å². The van der Waals surface area contributed by atoms with Crippen LogP contribution in [0.1, 0.15) is 15.9 Å². The monoisotopic (exact) mass is 277 g/mol. The molecule has 1 heterocycles. The van der Waals surface area contributed by atoms with Gasteiger partial charge < -0.3 is 11.1 Å². The van der Waals surface area contributed by atoms with Crippen LogP contribution in [-0.4, -0.2) is 17.4 Å². The molecule has 2 aromatic rings. The Hall–Kier alpha value is -2.50. The Labute approximate surface area is 114 Å². The van der Waals surface area contributed by atoms with Gasteiger partial charge in [0.25, 0.3) is 5.91 Å². The highest BCUT2D eigenvalue weighted by Crippen LogP contribution is 2.14. The van der Waals surface area contributed by atoms with E-state index in [2.05, 4.69) is 10.3 Å². The zero-order valence-corrected chi connectivity index (χ0v) is 10.6.